The van der Waals surface area contributed by atoms with Crippen molar-refractivity contribution in [2.75, 3.05) is 44.4 Å². The lowest BCUT2D eigenvalue weighted by atomic mass is 10.0. The summed E-state index contributed by atoms with van der Waals surface area (Å²) in [6, 6.07) is 5.49. The van der Waals surface area contributed by atoms with Crippen LogP contribution in [-0.2, 0) is 4.74 Å². The molecule has 2 rings (SSSR count). The molecule has 1 unspecified atom stereocenters. The van der Waals surface area contributed by atoms with Gasteiger partial charge in [0.1, 0.15) is 0 Å². The molecule has 0 saturated carbocycles. The molecule has 0 aromatic heterocycles. The van der Waals surface area contributed by atoms with Gasteiger partial charge in [0, 0.05) is 39.5 Å². The molecule has 1 amide bonds. The van der Waals surface area contributed by atoms with Gasteiger partial charge < -0.3 is 20.3 Å². The third-order valence-corrected chi connectivity index (χ3v) is 3.78. The Hall–Kier alpha value is -1.75. The van der Waals surface area contributed by atoms with Gasteiger partial charge in [-0.1, -0.05) is 0 Å². The Labute approximate surface area is 126 Å². The first-order chi connectivity index (χ1) is 10.0. The van der Waals surface area contributed by atoms with Gasteiger partial charge in [-0.15, -0.1) is 0 Å². The Morgan fingerprint density at radius 3 is 2.90 bits per heavy atom. The van der Waals surface area contributed by atoms with Crippen molar-refractivity contribution in [2.45, 2.75) is 25.9 Å². The minimum absolute atomic E-state index is 0.00327. The van der Waals surface area contributed by atoms with Gasteiger partial charge in [-0.05, 0) is 38.0 Å². The van der Waals surface area contributed by atoms with Crippen LogP contribution in [0.1, 0.15) is 30.1 Å². The highest BCUT2D eigenvalue weighted by Gasteiger charge is 2.24. The van der Waals surface area contributed by atoms with Gasteiger partial charge in [-0.25, -0.2) is 0 Å². The number of hydrogen-bond acceptors (Lipinski definition) is 4. The fourth-order valence-corrected chi connectivity index (χ4v) is 2.76. The molecule has 5 nitrogen and oxygen atoms in total. The number of amides is 1. The van der Waals surface area contributed by atoms with E-state index in [1.54, 1.807) is 25.1 Å². The van der Waals surface area contributed by atoms with Crippen molar-refractivity contribution in [3.63, 3.8) is 0 Å². The van der Waals surface area contributed by atoms with Crippen LogP contribution in [0.25, 0.3) is 0 Å². The van der Waals surface area contributed by atoms with Gasteiger partial charge in [-0.2, -0.15) is 0 Å². The summed E-state index contributed by atoms with van der Waals surface area (Å²) in [5.41, 5.74) is 8.22. The van der Waals surface area contributed by atoms with Crippen molar-refractivity contribution in [1.29, 1.82) is 0 Å². The molecule has 21 heavy (non-hydrogen) atoms. The van der Waals surface area contributed by atoms with Crippen LogP contribution in [-0.4, -0.2) is 50.7 Å². The van der Waals surface area contributed by atoms with Gasteiger partial charge in [0.25, 0.3) is 5.91 Å². The van der Waals surface area contributed by atoms with Crippen LogP contribution in [0.4, 0.5) is 11.4 Å². The zero-order valence-corrected chi connectivity index (χ0v) is 13.1. The standard InChI is InChI=1S/C16H25N3O2/c1-4-21-13-6-5-9-19(11-13)15-10-12(17)7-8-14(15)16(20)18(2)3/h7-8,10,13H,4-6,9,11,17H2,1-3H3. The normalized spacial score (nSPS) is 18.6. The minimum atomic E-state index is 0.00327. The number of ether oxygens (including phenoxy) is 1. The molecule has 1 atom stereocenters. The summed E-state index contributed by atoms with van der Waals surface area (Å²) in [6.45, 7) is 4.48. The smallest absolute Gasteiger partial charge is 0.255 e. The van der Waals surface area contributed by atoms with Crippen LogP contribution in [0.5, 0.6) is 0 Å². The lowest BCUT2D eigenvalue weighted by Crippen LogP contribution is -2.41. The third kappa shape index (κ3) is 3.67. The Morgan fingerprint density at radius 2 is 2.24 bits per heavy atom. The Bertz CT molecular complexity index is 500. The van der Waals surface area contributed by atoms with Gasteiger partial charge in [-0.3, -0.25) is 4.79 Å². The molecule has 1 saturated heterocycles. The first kappa shape index (κ1) is 15.6. The second-order valence-electron chi connectivity index (χ2n) is 5.64. The molecule has 116 valence electrons. The van der Waals surface area contributed by atoms with E-state index in [1.807, 2.05) is 19.1 Å². The van der Waals surface area contributed by atoms with E-state index in [-0.39, 0.29) is 12.0 Å². The SMILES string of the molecule is CCOC1CCCN(c2cc(N)ccc2C(=O)N(C)C)C1. The van der Waals surface area contributed by atoms with E-state index in [0.29, 0.717) is 11.3 Å². The topological polar surface area (TPSA) is 58.8 Å². The Morgan fingerprint density at radius 1 is 1.48 bits per heavy atom. The molecule has 1 aromatic carbocycles. The number of carbonyl (C=O) groups excluding carboxylic acids is 1. The summed E-state index contributed by atoms with van der Waals surface area (Å²) in [6.07, 6.45) is 2.37. The van der Waals surface area contributed by atoms with Crippen LogP contribution in [0.3, 0.4) is 0 Å². The fraction of sp³-hybridized carbons (Fsp3) is 0.562. The molecule has 0 aliphatic carbocycles. The van der Waals surface area contributed by atoms with Crippen molar-refractivity contribution >= 4 is 17.3 Å². The quantitative estimate of drug-likeness (QED) is 0.862. The molecule has 0 bridgehead atoms. The zero-order chi connectivity index (χ0) is 15.4. The lowest BCUT2D eigenvalue weighted by molar-refractivity contribution is 0.0525. The van der Waals surface area contributed by atoms with Gasteiger partial charge in [0.2, 0.25) is 0 Å². The highest BCUT2D eigenvalue weighted by atomic mass is 16.5. The molecule has 2 N–H and O–H groups in total. The molecule has 0 spiro atoms. The number of benzene rings is 1. The molecule has 0 radical (unpaired) electrons. The molecular weight excluding hydrogens is 266 g/mol. The minimum Gasteiger partial charge on any atom is -0.399 e. The van der Waals surface area contributed by atoms with Gasteiger partial charge in [0.15, 0.2) is 0 Å². The third-order valence-electron chi connectivity index (χ3n) is 3.78. The van der Waals surface area contributed by atoms with Crippen molar-refractivity contribution in [3.8, 4) is 0 Å². The van der Waals surface area contributed by atoms with Crippen molar-refractivity contribution in [3.05, 3.63) is 23.8 Å². The first-order valence-electron chi connectivity index (χ1n) is 7.50. The van der Waals surface area contributed by atoms with Crippen molar-refractivity contribution in [1.82, 2.24) is 4.90 Å². The summed E-state index contributed by atoms with van der Waals surface area (Å²) in [7, 11) is 3.53. The van der Waals surface area contributed by atoms with E-state index in [4.69, 9.17) is 10.5 Å². The fourth-order valence-electron chi connectivity index (χ4n) is 2.76. The number of carbonyl (C=O) groups is 1. The Balaban J connectivity index is 2.29. The summed E-state index contributed by atoms with van der Waals surface area (Å²) in [4.78, 5) is 16.2. The molecule has 1 aromatic rings. The molecule has 5 heteroatoms. The number of anilines is 2. The first-order valence-corrected chi connectivity index (χ1v) is 7.50. The maximum absolute atomic E-state index is 12.4. The summed E-state index contributed by atoms with van der Waals surface area (Å²) >= 11 is 0. The van der Waals surface area contributed by atoms with E-state index < -0.39 is 0 Å². The van der Waals surface area contributed by atoms with Gasteiger partial charge in [0.05, 0.1) is 17.4 Å². The zero-order valence-electron chi connectivity index (χ0n) is 13.1. The maximum Gasteiger partial charge on any atom is 0.255 e. The predicted octanol–water partition coefficient (Wildman–Crippen LogP) is 1.98. The van der Waals surface area contributed by atoms with Crippen LogP contribution in [0, 0.1) is 0 Å². The number of nitrogens with zero attached hydrogens (tertiary/aromatic N) is 2. The number of nitrogens with two attached hydrogens (primary N) is 1. The highest BCUT2D eigenvalue weighted by Crippen LogP contribution is 2.28. The van der Waals surface area contributed by atoms with E-state index in [2.05, 4.69) is 4.90 Å². The number of nitrogen functional groups attached to an aromatic ring is 1. The monoisotopic (exact) mass is 291 g/mol. The molecule has 1 fully saturated rings. The second-order valence-corrected chi connectivity index (χ2v) is 5.64. The van der Waals surface area contributed by atoms with Crippen LogP contribution in [0.15, 0.2) is 18.2 Å². The van der Waals surface area contributed by atoms with E-state index in [1.165, 1.54) is 0 Å². The van der Waals surface area contributed by atoms with Crippen LogP contribution >= 0.6 is 0 Å². The number of rotatable bonds is 4. The van der Waals surface area contributed by atoms with Crippen LogP contribution in [0.2, 0.25) is 0 Å². The molecule has 1 aliphatic rings. The number of piperidine rings is 1. The molecule has 1 heterocycles. The summed E-state index contributed by atoms with van der Waals surface area (Å²) < 4.78 is 5.74. The predicted molar refractivity (Wildman–Crippen MR) is 85.7 cm³/mol. The Kier molecular flexibility index (Phi) is 5.07. The second kappa shape index (κ2) is 6.80. The average Bonchev–Trinajstić information content (AvgIpc) is 2.47. The largest absolute Gasteiger partial charge is 0.399 e. The highest BCUT2D eigenvalue weighted by molar-refractivity contribution is 6.00. The summed E-state index contributed by atoms with van der Waals surface area (Å²) in [5, 5.41) is 0. The average molecular weight is 291 g/mol. The van der Waals surface area contributed by atoms with Gasteiger partial charge >= 0.3 is 0 Å². The van der Waals surface area contributed by atoms with Crippen molar-refractivity contribution in [2.24, 2.45) is 0 Å². The molecular formula is C16H25N3O2. The van der Waals surface area contributed by atoms with E-state index >= 15 is 0 Å². The summed E-state index contributed by atoms with van der Waals surface area (Å²) in [5.74, 6) is 0.00327. The maximum atomic E-state index is 12.4. The van der Waals surface area contributed by atoms with Crippen LogP contribution < -0.4 is 10.6 Å². The molecule has 1 aliphatic heterocycles. The van der Waals surface area contributed by atoms with Crippen molar-refractivity contribution < 1.29 is 9.53 Å². The van der Waals surface area contributed by atoms with E-state index in [9.17, 15) is 4.79 Å². The van der Waals surface area contributed by atoms with E-state index in [0.717, 1.165) is 38.2 Å². The number of hydrogen-bond donors (Lipinski definition) is 1. The lowest BCUT2D eigenvalue weighted by Gasteiger charge is -2.35.